The van der Waals surface area contributed by atoms with Crippen LogP contribution in [-0.4, -0.2) is 15.9 Å². The molecule has 2 aromatic heterocycles. The van der Waals surface area contributed by atoms with E-state index in [4.69, 9.17) is 4.98 Å². The number of aromatic amines is 1. The molecular formula is C25H29N3OS. The lowest BCUT2D eigenvalue weighted by atomic mass is 9.93. The van der Waals surface area contributed by atoms with E-state index in [1.165, 1.54) is 0 Å². The molecule has 4 rings (SSSR count). The summed E-state index contributed by atoms with van der Waals surface area (Å²) in [5.41, 5.74) is 3.87. The number of para-hydroxylation sites is 1. The van der Waals surface area contributed by atoms with Crippen LogP contribution in [0.3, 0.4) is 0 Å². The summed E-state index contributed by atoms with van der Waals surface area (Å²) in [7, 11) is 0. The van der Waals surface area contributed by atoms with Gasteiger partial charge in [0.2, 0.25) is 0 Å². The van der Waals surface area contributed by atoms with Gasteiger partial charge in [0.1, 0.15) is 5.01 Å². The zero-order valence-corrected chi connectivity index (χ0v) is 19.1. The van der Waals surface area contributed by atoms with Gasteiger partial charge in [-0.3, -0.25) is 4.79 Å². The quantitative estimate of drug-likeness (QED) is 0.383. The Kier molecular flexibility index (Phi) is 5.41. The molecule has 0 spiro atoms. The van der Waals surface area contributed by atoms with Crippen LogP contribution < -0.4 is 5.32 Å². The van der Waals surface area contributed by atoms with E-state index in [9.17, 15) is 4.79 Å². The average Bonchev–Trinajstić information content (AvgIpc) is 3.35. The summed E-state index contributed by atoms with van der Waals surface area (Å²) < 4.78 is 0. The van der Waals surface area contributed by atoms with E-state index in [1.54, 1.807) is 11.3 Å². The topological polar surface area (TPSA) is 57.8 Å². The number of rotatable bonds is 5. The summed E-state index contributed by atoms with van der Waals surface area (Å²) in [6, 6.07) is 14.0. The van der Waals surface area contributed by atoms with Gasteiger partial charge < -0.3 is 10.3 Å². The average molecular weight is 420 g/mol. The summed E-state index contributed by atoms with van der Waals surface area (Å²) in [6.07, 6.45) is 0.969. The number of carbonyl (C=O) groups excluding carboxylic acids is 1. The van der Waals surface area contributed by atoms with Crippen LogP contribution in [0, 0.1) is 5.92 Å². The van der Waals surface area contributed by atoms with Gasteiger partial charge in [0.15, 0.2) is 0 Å². The van der Waals surface area contributed by atoms with Crippen LogP contribution in [0.2, 0.25) is 0 Å². The molecule has 0 saturated carbocycles. The van der Waals surface area contributed by atoms with Crippen LogP contribution in [0.1, 0.15) is 68.1 Å². The predicted octanol–water partition coefficient (Wildman–Crippen LogP) is 6.59. The Hall–Kier alpha value is -2.66. The van der Waals surface area contributed by atoms with Crippen molar-refractivity contribution in [3.63, 3.8) is 0 Å². The molecule has 0 aliphatic rings. The molecule has 2 aromatic carbocycles. The molecule has 30 heavy (non-hydrogen) atoms. The third kappa shape index (κ3) is 3.86. The summed E-state index contributed by atoms with van der Waals surface area (Å²) in [4.78, 5) is 21.5. The maximum atomic E-state index is 13.2. The van der Waals surface area contributed by atoms with Gasteiger partial charge >= 0.3 is 0 Å². The molecule has 1 amide bonds. The SMILES string of the molecule is CC[C@H](C)[C@H](NC(=O)c1ccc2[nH]c3ccccc3c2c1)c1nc(C(C)(C)C)cs1. The van der Waals surface area contributed by atoms with Crippen molar-refractivity contribution in [1.82, 2.24) is 15.3 Å². The first kappa shape index (κ1) is 20.6. The Bertz CT molecular complexity index is 1200. The maximum absolute atomic E-state index is 13.2. The van der Waals surface area contributed by atoms with Gasteiger partial charge in [-0.05, 0) is 30.2 Å². The fourth-order valence-electron chi connectivity index (χ4n) is 3.67. The Morgan fingerprint density at radius 3 is 2.57 bits per heavy atom. The number of amides is 1. The van der Waals surface area contributed by atoms with Crippen LogP contribution in [0.25, 0.3) is 21.8 Å². The van der Waals surface area contributed by atoms with Crippen LogP contribution in [0.15, 0.2) is 47.8 Å². The molecule has 0 aliphatic carbocycles. The number of carbonyl (C=O) groups is 1. The van der Waals surface area contributed by atoms with Crippen LogP contribution in [-0.2, 0) is 5.41 Å². The lowest BCUT2D eigenvalue weighted by molar-refractivity contribution is 0.0923. The van der Waals surface area contributed by atoms with Crippen molar-refractivity contribution in [1.29, 1.82) is 0 Å². The standard InChI is InChI=1S/C25H29N3OS/c1-6-15(2)22(24-27-21(14-30-24)25(3,4)5)28-23(29)16-11-12-20-18(13-16)17-9-7-8-10-19(17)26-20/h7-15,22,26H,6H2,1-5H3,(H,28,29)/t15-,22-/m0/s1. The highest BCUT2D eigenvalue weighted by Gasteiger charge is 2.26. The normalized spacial score (nSPS) is 14.2. The van der Waals surface area contributed by atoms with Gasteiger partial charge in [-0.15, -0.1) is 11.3 Å². The molecule has 2 heterocycles. The second-order valence-corrected chi connectivity index (χ2v) is 9.98. The van der Waals surface area contributed by atoms with Gasteiger partial charge in [0.05, 0.1) is 11.7 Å². The number of nitrogens with zero attached hydrogens (tertiary/aromatic N) is 1. The molecule has 0 aliphatic heterocycles. The van der Waals surface area contributed by atoms with Gasteiger partial charge in [-0.1, -0.05) is 59.2 Å². The van der Waals surface area contributed by atoms with Crippen molar-refractivity contribution in [3.8, 4) is 0 Å². The summed E-state index contributed by atoms with van der Waals surface area (Å²) >= 11 is 1.64. The minimum Gasteiger partial charge on any atom is -0.355 e. The number of hydrogen-bond donors (Lipinski definition) is 2. The fourth-order valence-corrected chi connectivity index (χ4v) is 4.90. The van der Waals surface area contributed by atoms with Gasteiger partial charge in [-0.2, -0.15) is 0 Å². The summed E-state index contributed by atoms with van der Waals surface area (Å²) in [5.74, 6) is 0.240. The molecule has 4 aromatic rings. The molecule has 0 saturated heterocycles. The van der Waals surface area contributed by atoms with Crippen molar-refractivity contribution < 1.29 is 4.79 Å². The smallest absolute Gasteiger partial charge is 0.251 e. The van der Waals surface area contributed by atoms with E-state index in [1.807, 2.05) is 30.3 Å². The molecule has 0 unspecified atom stereocenters. The number of aromatic nitrogens is 2. The first-order valence-corrected chi connectivity index (χ1v) is 11.4. The van der Waals surface area contributed by atoms with Crippen molar-refractivity contribution in [2.75, 3.05) is 0 Å². The molecule has 0 fully saturated rings. The monoisotopic (exact) mass is 419 g/mol. The lowest BCUT2D eigenvalue weighted by Crippen LogP contribution is -2.32. The fraction of sp³-hybridized carbons (Fsp3) is 0.360. The van der Waals surface area contributed by atoms with Gasteiger partial charge in [-0.25, -0.2) is 4.98 Å². The Balaban J connectivity index is 1.65. The molecule has 2 atom stereocenters. The van der Waals surface area contributed by atoms with E-state index in [2.05, 4.69) is 62.4 Å². The number of fused-ring (bicyclic) bond motifs is 3. The van der Waals surface area contributed by atoms with Crippen molar-refractivity contribution in [2.45, 2.75) is 52.5 Å². The Labute approximate surface area is 181 Å². The van der Waals surface area contributed by atoms with E-state index >= 15 is 0 Å². The number of thiazole rings is 1. The third-order valence-electron chi connectivity index (χ3n) is 5.82. The second kappa shape index (κ2) is 7.88. The van der Waals surface area contributed by atoms with Crippen LogP contribution in [0.4, 0.5) is 0 Å². The minimum absolute atomic E-state index is 0.000856. The number of H-pyrrole nitrogens is 1. The molecule has 5 heteroatoms. The first-order valence-electron chi connectivity index (χ1n) is 10.5. The van der Waals surface area contributed by atoms with Crippen LogP contribution in [0.5, 0.6) is 0 Å². The number of benzene rings is 2. The summed E-state index contributed by atoms with van der Waals surface area (Å²) in [6.45, 7) is 10.8. The minimum atomic E-state index is -0.0951. The second-order valence-electron chi connectivity index (χ2n) is 9.09. The van der Waals surface area contributed by atoms with E-state index in [-0.39, 0.29) is 17.4 Å². The highest BCUT2D eigenvalue weighted by atomic mass is 32.1. The molecular weight excluding hydrogens is 390 g/mol. The van der Waals surface area contributed by atoms with Crippen LogP contribution >= 0.6 is 11.3 Å². The van der Waals surface area contributed by atoms with E-state index < -0.39 is 0 Å². The van der Waals surface area contributed by atoms with Gasteiger partial charge in [0, 0.05) is 38.2 Å². The number of nitrogens with one attached hydrogen (secondary N) is 2. The summed E-state index contributed by atoms with van der Waals surface area (Å²) in [5, 5.41) is 8.58. The third-order valence-corrected chi connectivity index (χ3v) is 6.75. The highest BCUT2D eigenvalue weighted by molar-refractivity contribution is 7.09. The molecule has 0 radical (unpaired) electrons. The first-order chi connectivity index (χ1) is 14.3. The van der Waals surface area contributed by atoms with Crippen molar-refractivity contribution in [3.05, 3.63) is 64.1 Å². The highest BCUT2D eigenvalue weighted by Crippen LogP contribution is 2.32. The van der Waals surface area contributed by atoms with E-state index in [0.29, 0.717) is 11.5 Å². The van der Waals surface area contributed by atoms with Gasteiger partial charge in [0.25, 0.3) is 5.91 Å². The zero-order chi connectivity index (χ0) is 21.5. The van der Waals surface area contributed by atoms with Crippen molar-refractivity contribution >= 4 is 39.0 Å². The molecule has 156 valence electrons. The molecule has 0 bridgehead atoms. The Morgan fingerprint density at radius 1 is 1.13 bits per heavy atom. The molecule has 4 nitrogen and oxygen atoms in total. The molecule has 2 N–H and O–H groups in total. The van der Waals surface area contributed by atoms with E-state index in [0.717, 1.165) is 38.9 Å². The maximum Gasteiger partial charge on any atom is 0.251 e. The zero-order valence-electron chi connectivity index (χ0n) is 18.2. The Morgan fingerprint density at radius 2 is 1.87 bits per heavy atom. The van der Waals surface area contributed by atoms with Crippen molar-refractivity contribution in [2.24, 2.45) is 5.92 Å². The number of hydrogen-bond acceptors (Lipinski definition) is 3. The lowest BCUT2D eigenvalue weighted by Gasteiger charge is -2.23. The predicted molar refractivity (Wildman–Crippen MR) is 126 cm³/mol. The largest absolute Gasteiger partial charge is 0.355 e.